The predicted octanol–water partition coefficient (Wildman–Crippen LogP) is 2.81. The molecule has 0 N–H and O–H groups in total. The summed E-state index contributed by atoms with van der Waals surface area (Å²) in [6, 6.07) is 4.05. The van der Waals surface area contributed by atoms with Crippen LogP contribution in [0.3, 0.4) is 0 Å². The molecule has 0 unspecified atom stereocenters. The van der Waals surface area contributed by atoms with Crippen LogP contribution in [0, 0.1) is 3.57 Å². The number of halogens is 1. The highest BCUT2D eigenvalue weighted by Crippen LogP contribution is 2.17. The third kappa shape index (κ3) is 1.68. The van der Waals surface area contributed by atoms with E-state index in [1.807, 2.05) is 12.3 Å². The van der Waals surface area contributed by atoms with Gasteiger partial charge in [0.1, 0.15) is 0 Å². The van der Waals surface area contributed by atoms with Crippen LogP contribution in [0.4, 0.5) is 0 Å². The Morgan fingerprint density at radius 2 is 2.20 bits per heavy atom. The van der Waals surface area contributed by atoms with Crippen molar-refractivity contribution in [2.75, 3.05) is 0 Å². The predicted molar refractivity (Wildman–Crippen MR) is 51.0 cm³/mol. The summed E-state index contributed by atoms with van der Waals surface area (Å²) in [4.78, 5) is 4.27. The maximum Gasteiger partial charge on any atom is 0.0562 e. The third-order valence-electron chi connectivity index (χ3n) is 1.33. The zero-order valence-corrected chi connectivity index (χ0v) is 8.29. The molecule has 10 heavy (non-hydrogen) atoms. The van der Waals surface area contributed by atoms with Crippen molar-refractivity contribution in [2.45, 2.75) is 19.8 Å². The summed E-state index contributed by atoms with van der Waals surface area (Å²) in [5.41, 5.74) is 1.20. The van der Waals surface area contributed by atoms with Gasteiger partial charge in [-0.15, -0.1) is 0 Å². The maximum atomic E-state index is 4.27. The number of aromatic nitrogens is 1. The van der Waals surface area contributed by atoms with Gasteiger partial charge in [0.15, 0.2) is 0 Å². The number of rotatable bonds is 1. The Bertz CT molecular complexity index is 220. The summed E-state index contributed by atoms with van der Waals surface area (Å²) in [6.07, 6.45) is 1.84. The Morgan fingerprint density at radius 3 is 2.60 bits per heavy atom. The lowest BCUT2D eigenvalue weighted by atomic mass is 10.1. The van der Waals surface area contributed by atoms with E-state index in [2.05, 4.69) is 47.5 Å². The van der Waals surface area contributed by atoms with Crippen molar-refractivity contribution in [3.63, 3.8) is 0 Å². The molecule has 0 atom stereocenters. The van der Waals surface area contributed by atoms with Crippen molar-refractivity contribution in [3.8, 4) is 0 Å². The highest BCUT2D eigenvalue weighted by atomic mass is 127. The Labute approximate surface area is 75.0 Å². The van der Waals surface area contributed by atoms with Crippen molar-refractivity contribution in [1.29, 1.82) is 0 Å². The topological polar surface area (TPSA) is 12.9 Å². The average Bonchev–Trinajstić information content (AvgIpc) is 1.88. The minimum absolute atomic E-state index is 0.535. The lowest BCUT2D eigenvalue weighted by molar-refractivity contribution is 0.815. The zero-order chi connectivity index (χ0) is 7.56. The Hall–Kier alpha value is -0.120. The van der Waals surface area contributed by atoms with E-state index >= 15 is 0 Å². The van der Waals surface area contributed by atoms with Crippen molar-refractivity contribution in [3.05, 3.63) is 27.6 Å². The molecular formula is C8H10IN. The van der Waals surface area contributed by atoms with Crippen LogP contribution in [-0.2, 0) is 0 Å². The number of hydrogen-bond donors (Lipinski definition) is 0. The van der Waals surface area contributed by atoms with Crippen molar-refractivity contribution < 1.29 is 0 Å². The van der Waals surface area contributed by atoms with Gasteiger partial charge in [0.25, 0.3) is 0 Å². The normalized spacial score (nSPS) is 10.4. The standard InChI is InChI=1S/C8H10IN/c1-6(2)8-7(9)4-3-5-10-8/h3-6H,1-2H3. The molecule has 1 heterocycles. The lowest BCUT2D eigenvalue weighted by Gasteiger charge is -2.04. The number of nitrogens with zero attached hydrogens (tertiary/aromatic N) is 1. The van der Waals surface area contributed by atoms with Gasteiger partial charge in [-0.2, -0.15) is 0 Å². The monoisotopic (exact) mass is 247 g/mol. The van der Waals surface area contributed by atoms with E-state index in [4.69, 9.17) is 0 Å². The molecule has 0 aliphatic heterocycles. The van der Waals surface area contributed by atoms with Crippen LogP contribution in [0.15, 0.2) is 18.3 Å². The molecule has 0 aromatic carbocycles. The van der Waals surface area contributed by atoms with E-state index < -0.39 is 0 Å². The summed E-state index contributed by atoms with van der Waals surface area (Å²) in [7, 11) is 0. The fourth-order valence-electron chi connectivity index (χ4n) is 0.823. The molecule has 2 heteroatoms. The molecule has 0 aliphatic rings. The smallest absolute Gasteiger partial charge is 0.0562 e. The first-order chi connectivity index (χ1) is 4.72. The van der Waals surface area contributed by atoms with E-state index in [-0.39, 0.29) is 0 Å². The van der Waals surface area contributed by atoms with Crippen LogP contribution in [-0.4, -0.2) is 4.98 Å². The highest BCUT2D eigenvalue weighted by Gasteiger charge is 2.02. The fraction of sp³-hybridized carbons (Fsp3) is 0.375. The third-order valence-corrected chi connectivity index (χ3v) is 2.25. The Balaban J connectivity index is 3.03. The van der Waals surface area contributed by atoms with Crippen molar-refractivity contribution in [2.24, 2.45) is 0 Å². The van der Waals surface area contributed by atoms with E-state index in [0.29, 0.717) is 5.92 Å². The quantitative estimate of drug-likeness (QED) is 0.695. The number of pyridine rings is 1. The van der Waals surface area contributed by atoms with Crippen molar-refractivity contribution >= 4 is 22.6 Å². The highest BCUT2D eigenvalue weighted by molar-refractivity contribution is 14.1. The van der Waals surface area contributed by atoms with Crippen molar-refractivity contribution in [1.82, 2.24) is 4.98 Å². The molecule has 0 bridgehead atoms. The van der Waals surface area contributed by atoms with Crippen LogP contribution in [0.1, 0.15) is 25.5 Å². The van der Waals surface area contributed by atoms with Gasteiger partial charge in [0.05, 0.1) is 5.69 Å². The first kappa shape index (κ1) is 7.98. The van der Waals surface area contributed by atoms with Crippen LogP contribution >= 0.6 is 22.6 Å². The molecule has 0 radical (unpaired) electrons. The van der Waals surface area contributed by atoms with Gasteiger partial charge in [0, 0.05) is 9.77 Å². The lowest BCUT2D eigenvalue weighted by Crippen LogP contribution is -1.94. The fourth-order valence-corrected chi connectivity index (χ4v) is 1.79. The first-order valence-corrected chi connectivity index (χ1v) is 4.40. The molecule has 0 amide bonds. The van der Waals surface area contributed by atoms with Crippen LogP contribution in [0.2, 0.25) is 0 Å². The molecule has 0 saturated carbocycles. The second-order valence-corrected chi connectivity index (χ2v) is 3.69. The second-order valence-electron chi connectivity index (χ2n) is 2.53. The largest absolute Gasteiger partial charge is 0.260 e. The van der Waals surface area contributed by atoms with E-state index in [1.54, 1.807) is 0 Å². The summed E-state index contributed by atoms with van der Waals surface area (Å²) in [5.74, 6) is 0.535. The number of hydrogen-bond acceptors (Lipinski definition) is 1. The molecule has 0 spiro atoms. The van der Waals surface area contributed by atoms with Gasteiger partial charge in [-0.3, -0.25) is 4.98 Å². The van der Waals surface area contributed by atoms with Crippen LogP contribution < -0.4 is 0 Å². The Morgan fingerprint density at radius 1 is 1.50 bits per heavy atom. The summed E-state index contributed by atoms with van der Waals surface area (Å²) < 4.78 is 1.26. The van der Waals surface area contributed by atoms with Gasteiger partial charge in [-0.1, -0.05) is 13.8 Å². The average molecular weight is 247 g/mol. The minimum Gasteiger partial charge on any atom is -0.260 e. The second kappa shape index (κ2) is 3.32. The molecule has 1 aromatic rings. The van der Waals surface area contributed by atoms with Crippen LogP contribution in [0.5, 0.6) is 0 Å². The molecular weight excluding hydrogens is 237 g/mol. The van der Waals surface area contributed by atoms with Gasteiger partial charge in [-0.05, 0) is 40.6 Å². The maximum absolute atomic E-state index is 4.27. The first-order valence-electron chi connectivity index (χ1n) is 3.32. The molecule has 1 aromatic heterocycles. The van der Waals surface area contributed by atoms with E-state index in [9.17, 15) is 0 Å². The summed E-state index contributed by atoms with van der Waals surface area (Å²) >= 11 is 2.31. The Kier molecular flexibility index (Phi) is 2.65. The van der Waals surface area contributed by atoms with Gasteiger partial charge in [-0.25, -0.2) is 0 Å². The molecule has 0 aliphatic carbocycles. The molecule has 54 valence electrons. The molecule has 0 saturated heterocycles. The molecule has 0 fully saturated rings. The molecule has 1 rings (SSSR count). The van der Waals surface area contributed by atoms with Gasteiger partial charge in [0.2, 0.25) is 0 Å². The SMILES string of the molecule is CC(C)c1ncccc1I. The summed E-state index contributed by atoms with van der Waals surface area (Å²) in [6.45, 7) is 4.31. The van der Waals surface area contributed by atoms with E-state index in [1.165, 1.54) is 9.26 Å². The zero-order valence-electron chi connectivity index (χ0n) is 6.13. The van der Waals surface area contributed by atoms with Gasteiger partial charge < -0.3 is 0 Å². The summed E-state index contributed by atoms with van der Waals surface area (Å²) in [5, 5.41) is 0. The molecule has 1 nitrogen and oxygen atoms in total. The van der Waals surface area contributed by atoms with E-state index in [0.717, 1.165) is 0 Å². The van der Waals surface area contributed by atoms with Gasteiger partial charge >= 0.3 is 0 Å². The minimum atomic E-state index is 0.535. The van der Waals surface area contributed by atoms with Crippen LogP contribution in [0.25, 0.3) is 0 Å².